The summed E-state index contributed by atoms with van der Waals surface area (Å²) < 4.78 is 66.1. The first kappa shape index (κ1) is 27.5. The lowest BCUT2D eigenvalue weighted by Crippen LogP contribution is -2.58. The van der Waals surface area contributed by atoms with Crippen molar-refractivity contribution in [1.29, 1.82) is 0 Å². The number of thiazole rings is 1. The van der Waals surface area contributed by atoms with Crippen molar-refractivity contribution in [3.63, 3.8) is 0 Å². The summed E-state index contributed by atoms with van der Waals surface area (Å²) in [7, 11) is -4.06. The molecule has 1 N–H and O–H groups in total. The molecule has 1 saturated heterocycles. The first-order valence-corrected chi connectivity index (χ1v) is 14.7. The highest BCUT2D eigenvalue weighted by Gasteiger charge is 2.39. The SMILES string of the molecule is O=C(Nc1nccs1)C(CC1CCCCC1)N1CCN(S(=O)(=O)Cc2cccc(C(F)(F)F)c2)CC1=O. The van der Waals surface area contributed by atoms with Crippen LogP contribution in [-0.2, 0) is 31.5 Å². The predicted molar refractivity (Wildman–Crippen MR) is 133 cm³/mol. The van der Waals surface area contributed by atoms with Gasteiger partial charge in [-0.15, -0.1) is 11.3 Å². The van der Waals surface area contributed by atoms with Crippen LogP contribution in [0.4, 0.5) is 18.3 Å². The highest BCUT2D eigenvalue weighted by Crippen LogP contribution is 2.31. The molecular weight excluding hydrogens is 529 g/mol. The predicted octanol–water partition coefficient (Wildman–Crippen LogP) is 4.11. The van der Waals surface area contributed by atoms with Crippen molar-refractivity contribution in [2.45, 2.75) is 56.5 Å². The van der Waals surface area contributed by atoms with Crippen LogP contribution in [0, 0.1) is 5.92 Å². The Kier molecular flexibility index (Phi) is 8.54. The minimum atomic E-state index is -4.59. The summed E-state index contributed by atoms with van der Waals surface area (Å²) >= 11 is 1.26. The standard InChI is InChI=1S/C24H29F3N4O4S2/c25-24(26,27)19-8-4-7-18(13-19)16-37(34,35)30-10-11-31(21(32)15-30)20(14-17-5-2-1-3-6-17)22(33)29-23-28-9-12-36-23/h4,7-9,12-13,17,20H,1-3,5-6,10-11,14-16H2,(H,28,29,33). The minimum Gasteiger partial charge on any atom is -0.328 e. The average molecular weight is 559 g/mol. The van der Waals surface area contributed by atoms with Gasteiger partial charge in [0.15, 0.2) is 5.13 Å². The average Bonchev–Trinajstić information content (AvgIpc) is 3.36. The molecule has 8 nitrogen and oxygen atoms in total. The summed E-state index contributed by atoms with van der Waals surface area (Å²) in [4.78, 5) is 31.9. The number of nitrogens with one attached hydrogen (secondary N) is 1. The lowest BCUT2D eigenvalue weighted by atomic mass is 9.84. The summed E-state index contributed by atoms with van der Waals surface area (Å²) in [5, 5.41) is 4.92. The van der Waals surface area contributed by atoms with Crippen LogP contribution in [-0.4, -0.2) is 60.1 Å². The molecule has 2 aromatic rings. The Bertz CT molecular complexity index is 1200. The Morgan fingerprint density at radius 1 is 1.19 bits per heavy atom. The summed E-state index contributed by atoms with van der Waals surface area (Å²) in [5.74, 6) is -1.22. The number of anilines is 1. The molecule has 2 aliphatic rings. The molecule has 13 heteroatoms. The lowest BCUT2D eigenvalue weighted by Gasteiger charge is -2.39. The molecule has 0 radical (unpaired) electrons. The lowest BCUT2D eigenvalue weighted by molar-refractivity contribution is -0.142. The quantitative estimate of drug-likeness (QED) is 0.526. The molecule has 4 rings (SSSR count). The molecule has 1 aromatic heterocycles. The van der Waals surface area contributed by atoms with Crippen LogP contribution in [0.15, 0.2) is 35.8 Å². The number of hydrogen-bond donors (Lipinski definition) is 1. The van der Waals surface area contributed by atoms with E-state index in [4.69, 9.17) is 0 Å². The molecule has 0 bridgehead atoms. The van der Waals surface area contributed by atoms with E-state index in [0.29, 0.717) is 11.6 Å². The van der Waals surface area contributed by atoms with Crippen molar-refractivity contribution < 1.29 is 31.2 Å². The van der Waals surface area contributed by atoms with Gasteiger partial charge in [0.05, 0.1) is 17.9 Å². The van der Waals surface area contributed by atoms with E-state index >= 15 is 0 Å². The number of sulfonamides is 1. The van der Waals surface area contributed by atoms with Gasteiger partial charge in [0, 0.05) is 24.7 Å². The molecule has 1 atom stereocenters. The first-order chi connectivity index (χ1) is 17.5. The van der Waals surface area contributed by atoms with Crippen LogP contribution in [0.2, 0.25) is 0 Å². The molecule has 1 aliphatic carbocycles. The molecule has 1 unspecified atom stereocenters. The number of halogens is 3. The van der Waals surface area contributed by atoms with E-state index in [-0.39, 0.29) is 30.5 Å². The number of alkyl halides is 3. The second-order valence-corrected chi connectivity index (χ2v) is 12.3. The van der Waals surface area contributed by atoms with E-state index in [9.17, 15) is 31.2 Å². The van der Waals surface area contributed by atoms with Gasteiger partial charge >= 0.3 is 6.18 Å². The highest BCUT2D eigenvalue weighted by atomic mass is 32.2. The van der Waals surface area contributed by atoms with Crippen molar-refractivity contribution in [3.8, 4) is 0 Å². The topological polar surface area (TPSA) is 99.7 Å². The van der Waals surface area contributed by atoms with Gasteiger partial charge < -0.3 is 10.2 Å². The van der Waals surface area contributed by atoms with E-state index in [0.717, 1.165) is 54.6 Å². The van der Waals surface area contributed by atoms with Gasteiger partial charge in [0.2, 0.25) is 21.8 Å². The van der Waals surface area contributed by atoms with Crippen molar-refractivity contribution in [1.82, 2.24) is 14.2 Å². The zero-order valence-corrected chi connectivity index (χ0v) is 21.7. The summed E-state index contributed by atoms with van der Waals surface area (Å²) in [6.07, 6.45) is 2.69. The largest absolute Gasteiger partial charge is 0.416 e. The van der Waals surface area contributed by atoms with E-state index < -0.39 is 46.0 Å². The maximum absolute atomic E-state index is 13.2. The molecule has 1 aliphatic heterocycles. The third-order valence-electron chi connectivity index (χ3n) is 6.84. The number of benzene rings is 1. The third-order valence-corrected chi connectivity index (χ3v) is 9.33. The number of carbonyl (C=O) groups excluding carboxylic acids is 2. The fourth-order valence-electron chi connectivity index (χ4n) is 4.96. The van der Waals surface area contributed by atoms with Gasteiger partial charge in [-0.3, -0.25) is 9.59 Å². The Labute approximate surface area is 217 Å². The Hall–Kier alpha value is -2.51. The van der Waals surface area contributed by atoms with E-state index in [1.807, 2.05) is 0 Å². The molecule has 2 heterocycles. The van der Waals surface area contributed by atoms with Crippen molar-refractivity contribution in [3.05, 3.63) is 47.0 Å². The molecule has 1 saturated carbocycles. The number of carbonyl (C=O) groups is 2. The highest BCUT2D eigenvalue weighted by molar-refractivity contribution is 7.88. The van der Waals surface area contributed by atoms with Gasteiger partial charge in [-0.1, -0.05) is 50.3 Å². The number of nitrogens with zero attached hydrogens (tertiary/aromatic N) is 3. The smallest absolute Gasteiger partial charge is 0.328 e. The van der Waals surface area contributed by atoms with E-state index in [2.05, 4.69) is 10.3 Å². The third kappa shape index (κ3) is 7.08. The molecule has 1 aromatic carbocycles. The van der Waals surface area contributed by atoms with Gasteiger partial charge in [0.25, 0.3) is 0 Å². The summed E-state index contributed by atoms with van der Waals surface area (Å²) in [6, 6.07) is 3.40. The van der Waals surface area contributed by atoms with Crippen molar-refractivity contribution in [2.24, 2.45) is 5.92 Å². The van der Waals surface area contributed by atoms with Gasteiger partial charge in [-0.05, 0) is 24.0 Å². The Morgan fingerprint density at radius 3 is 2.59 bits per heavy atom. The molecule has 202 valence electrons. The van der Waals surface area contributed by atoms with Crippen molar-refractivity contribution >= 4 is 38.3 Å². The summed E-state index contributed by atoms with van der Waals surface area (Å²) in [5.41, 5.74) is -0.944. The number of aromatic nitrogens is 1. The second-order valence-electron chi connectivity index (χ2n) is 9.46. The maximum atomic E-state index is 13.2. The number of hydrogen-bond acceptors (Lipinski definition) is 6. The van der Waals surface area contributed by atoms with Gasteiger partial charge in [0.1, 0.15) is 6.04 Å². The molecule has 2 amide bonds. The normalized spacial score (nSPS) is 19.1. The van der Waals surface area contributed by atoms with Crippen LogP contribution in [0.25, 0.3) is 0 Å². The molecular formula is C24H29F3N4O4S2. The van der Waals surface area contributed by atoms with E-state index in [1.54, 1.807) is 11.6 Å². The minimum absolute atomic E-state index is 0.0114. The Morgan fingerprint density at radius 2 is 1.95 bits per heavy atom. The van der Waals surface area contributed by atoms with Crippen LogP contribution in [0.3, 0.4) is 0 Å². The summed E-state index contributed by atoms with van der Waals surface area (Å²) in [6.45, 7) is -0.491. The van der Waals surface area contributed by atoms with Crippen molar-refractivity contribution in [2.75, 3.05) is 25.0 Å². The maximum Gasteiger partial charge on any atom is 0.416 e. The van der Waals surface area contributed by atoms with Gasteiger partial charge in [-0.25, -0.2) is 13.4 Å². The van der Waals surface area contributed by atoms with Crippen LogP contribution >= 0.6 is 11.3 Å². The van der Waals surface area contributed by atoms with Crippen LogP contribution in [0.5, 0.6) is 0 Å². The molecule has 0 spiro atoms. The monoisotopic (exact) mass is 558 g/mol. The fraction of sp³-hybridized carbons (Fsp3) is 0.542. The zero-order valence-electron chi connectivity index (χ0n) is 20.1. The first-order valence-electron chi connectivity index (χ1n) is 12.2. The number of amides is 2. The number of rotatable bonds is 8. The second kappa shape index (κ2) is 11.5. The Balaban J connectivity index is 1.46. The number of piperazine rings is 1. The van der Waals surface area contributed by atoms with Gasteiger partial charge in [-0.2, -0.15) is 17.5 Å². The van der Waals surface area contributed by atoms with Crippen LogP contribution < -0.4 is 5.32 Å². The van der Waals surface area contributed by atoms with E-state index in [1.165, 1.54) is 22.3 Å². The molecule has 2 fully saturated rings. The zero-order chi connectivity index (χ0) is 26.6. The van der Waals surface area contributed by atoms with Crippen LogP contribution in [0.1, 0.15) is 49.7 Å². The fourth-order valence-corrected chi connectivity index (χ4v) is 6.94. The molecule has 37 heavy (non-hydrogen) atoms.